The Labute approximate surface area is 131 Å². The van der Waals surface area contributed by atoms with E-state index < -0.39 is 0 Å². The maximum atomic E-state index is 11.3. The number of nitrogens with one attached hydrogen (secondary N) is 2. The van der Waals surface area contributed by atoms with Crippen LogP contribution in [0.5, 0.6) is 0 Å². The fourth-order valence-electron chi connectivity index (χ4n) is 3.64. The van der Waals surface area contributed by atoms with E-state index in [1.807, 2.05) is 12.1 Å². The van der Waals surface area contributed by atoms with Crippen LogP contribution in [-0.4, -0.2) is 18.5 Å². The first kappa shape index (κ1) is 14.9. The van der Waals surface area contributed by atoms with Gasteiger partial charge < -0.3 is 10.6 Å². The Morgan fingerprint density at radius 3 is 2.52 bits per heavy atom. The molecule has 0 bridgehead atoms. The van der Waals surface area contributed by atoms with Gasteiger partial charge in [0.2, 0.25) is 5.91 Å². The second-order valence-corrected chi connectivity index (χ2v) is 6.77. The summed E-state index contributed by atoms with van der Waals surface area (Å²) in [5.74, 6) is 0.186. The summed E-state index contributed by atoms with van der Waals surface area (Å²) < 4.78 is 0. The van der Waals surface area contributed by atoms with Crippen LogP contribution in [0.3, 0.4) is 0 Å². The van der Waals surface area contributed by atoms with E-state index in [2.05, 4.69) is 22.8 Å². The molecule has 3 rings (SSSR count). The van der Waals surface area contributed by atoms with Gasteiger partial charge in [-0.1, -0.05) is 43.0 Å². The van der Waals surface area contributed by atoms with E-state index >= 15 is 0 Å². The second-order valence-electron chi connectivity index (χ2n) is 6.33. The third kappa shape index (κ3) is 3.41. The summed E-state index contributed by atoms with van der Waals surface area (Å²) in [5.41, 5.74) is 1.38. The first-order chi connectivity index (χ1) is 10.2. The molecule has 1 aliphatic heterocycles. The molecule has 2 fully saturated rings. The Hall–Kier alpha value is -1.06. The van der Waals surface area contributed by atoms with Crippen molar-refractivity contribution in [1.29, 1.82) is 0 Å². The molecule has 4 heteroatoms. The number of amides is 1. The lowest BCUT2D eigenvalue weighted by molar-refractivity contribution is -0.119. The van der Waals surface area contributed by atoms with E-state index in [-0.39, 0.29) is 17.5 Å². The fraction of sp³-hybridized carbons (Fsp3) is 0.588. The van der Waals surface area contributed by atoms with E-state index in [9.17, 15) is 4.79 Å². The van der Waals surface area contributed by atoms with Gasteiger partial charge in [0, 0.05) is 29.6 Å². The van der Waals surface area contributed by atoms with Crippen LogP contribution >= 0.6 is 11.6 Å². The molecule has 1 aromatic rings. The molecule has 0 spiro atoms. The van der Waals surface area contributed by atoms with Crippen molar-refractivity contribution in [2.24, 2.45) is 0 Å². The Morgan fingerprint density at radius 2 is 1.90 bits per heavy atom. The highest BCUT2D eigenvalue weighted by molar-refractivity contribution is 6.30. The topological polar surface area (TPSA) is 41.1 Å². The van der Waals surface area contributed by atoms with E-state index in [4.69, 9.17) is 11.6 Å². The molecule has 1 atom stereocenters. The van der Waals surface area contributed by atoms with Crippen LogP contribution in [0, 0.1) is 0 Å². The van der Waals surface area contributed by atoms with Crippen LogP contribution in [0.15, 0.2) is 24.3 Å². The van der Waals surface area contributed by atoms with Crippen LogP contribution in [0.25, 0.3) is 0 Å². The average Bonchev–Trinajstić information content (AvgIpc) is 2.92. The Bertz CT molecular complexity index is 494. The Balaban J connectivity index is 1.73. The summed E-state index contributed by atoms with van der Waals surface area (Å²) in [6, 6.07) is 8.53. The zero-order valence-corrected chi connectivity index (χ0v) is 13.1. The summed E-state index contributed by atoms with van der Waals surface area (Å²) in [5, 5.41) is 7.61. The molecular weight excluding hydrogens is 284 g/mol. The first-order valence-electron chi connectivity index (χ1n) is 7.98. The maximum absolute atomic E-state index is 11.3. The minimum Gasteiger partial charge on any atom is -0.352 e. The monoisotopic (exact) mass is 306 g/mol. The lowest BCUT2D eigenvalue weighted by atomic mass is 9.76. The molecule has 1 aromatic carbocycles. The van der Waals surface area contributed by atoms with Crippen molar-refractivity contribution in [3.05, 3.63) is 34.9 Å². The van der Waals surface area contributed by atoms with Gasteiger partial charge in [-0.05, 0) is 37.0 Å². The quantitative estimate of drug-likeness (QED) is 0.895. The van der Waals surface area contributed by atoms with Gasteiger partial charge in [-0.3, -0.25) is 4.79 Å². The molecule has 0 radical (unpaired) electrons. The molecule has 3 nitrogen and oxygen atoms in total. The highest BCUT2D eigenvalue weighted by atomic mass is 35.5. The van der Waals surface area contributed by atoms with Gasteiger partial charge in [-0.15, -0.1) is 0 Å². The minimum absolute atomic E-state index is 0.0517. The van der Waals surface area contributed by atoms with E-state index in [1.54, 1.807) is 0 Å². The van der Waals surface area contributed by atoms with Crippen molar-refractivity contribution in [2.45, 2.75) is 56.5 Å². The van der Waals surface area contributed by atoms with E-state index in [0.29, 0.717) is 6.42 Å². The van der Waals surface area contributed by atoms with E-state index in [0.717, 1.165) is 30.8 Å². The molecule has 1 saturated heterocycles. The van der Waals surface area contributed by atoms with Gasteiger partial charge >= 0.3 is 0 Å². The number of rotatable bonds is 4. The van der Waals surface area contributed by atoms with Crippen molar-refractivity contribution in [2.75, 3.05) is 6.54 Å². The van der Waals surface area contributed by atoms with Gasteiger partial charge in [0.15, 0.2) is 0 Å². The molecule has 1 unspecified atom stereocenters. The summed E-state index contributed by atoms with van der Waals surface area (Å²) in [6.45, 7) is 0.856. The number of benzene rings is 1. The van der Waals surface area contributed by atoms with Crippen molar-refractivity contribution in [1.82, 2.24) is 10.6 Å². The van der Waals surface area contributed by atoms with Crippen molar-refractivity contribution >= 4 is 17.5 Å². The number of halogens is 1. The van der Waals surface area contributed by atoms with Crippen molar-refractivity contribution in [3.63, 3.8) is 0 Å². The SMILES string of the molecule is O=C1CCC(CNC2(c3ccc(Cl)cc3)CCCCC2)N1. The third-order valence-corrected chi connectivity index (χ3v) is 5.13. The highest BCUT2D eigenvalue weighted by Crippen LogP contribution is 2.37. The summed E-state index contributed by atoms with van der Waals surface area (Å²) in [7, 11) is 0. The van der Waals surface area contributed by atoms with Crippen LogP contribution in [-0.2, 0) is 10.3 Å². The zero-order chi connectivity index (χ0) is 14.7. The molecule has 0 aromatic heterocycles. The maximum Gasteiger partial charge on any atom is 0.220 e. The van der Waals surface area contributed by atoms with Crippen LogP contribution in [0.4, 0.5) is 0 Å². The van der Waals surface area contributed by atoms with Crippen LogP contribution < -0.4 is 10.6 Å². The lowest BCUT2D eigenvalue weighted by Gasteiger charge is -2.40. The standard InChI is InChI=1S/C17H23ClN2O/c18-14-6-4-13(5-7-14)17(10-2-1-3-11-17)19-12-15-8-9-16(21)20-15/h4-7,15,19H,1-3,8-12H2,(H,20,21). The van der Waals surface area contributed by atoms with Crippen molar-refractivity contribution < 1.29 is 4.79 Å². The Morgan fingerprint density at radius 1 is 1.19 bits per heavy atom. The van der Waals surface area contributed by atoms with Gasteiger partial charge in [0.1, 0.15) is 0 Å². The van der Waals surface area contributed by atoms with Crippen LogP contribution in [0.2, 0.25) is 5.02 Å². The lowest BCUT2D eigenvalue weighted by Crippen LogP contribution is -2.48. The second kappa shape index (κ2) is 6.37. The minimum atomic E-state index is 0.0517. The predicted octanol–water partition coefficient (Wildman–Crippen LogP) is 3.37. The highest BCUT2D eigenvalue weighted by Gasteiger charge is 2.34. The van der Waals surface area contributed by atoms with Crippen molar-refractivity contribution in [3.8, 4) is 0 Å². The summed E-state index contributed by atoms with van der Waals surface area (Å²) in [4.78, 5) is 11.3. The fourth-order valence-corrected chi connectivity index (χ4v) is 3.77. The number of hydrogen-bond donors (Lipinski definition) is 2. The van der Waals surface area contributed by atoms with Gasteiger partial charge in [-0.25, -0.2) is 0 Å². The molecule has 2 aliphatic rings. The molecule has 2 N–H and O–H groups in total. The van der Waals surface area contributed by atoms with Crippen LogP contribution in [0.1, 0.15) is 50.5 Å². The normalized spacial score (nSPS) is 24.8. The number of carbonyl (C=O) groups excluding carboxylic acids is 1. The largest absolute Gasteiger partial charge is 0.352 e. The smallest absolute Gasteiger partial charge is 0.220 e. The Kier molecular flexibility index (Phi) is 4.51. The van der Waals surface area contributed by atoms with Gasteiger partial charge in [-0.2, -0.15) is 0 Å². The molecule has 114 valence electrons. The third-order valence-electron chi connectivity index (χ3n) is 4.88. The molecular formula is C17H23ClN2O. The summed E-state index contributed by atoms with van der Waals surface area (Å²) in [6.07, 6.45) is 7.77. The number of hydrogen-bond acceptors (Lipinski definition) is 2. The molecule has 21 heavy (non-hydrogen) atoms. The zero-order valence-electron chi connectivity index (χ0n) is 12.3. The van der Waals surface area contributed by atoms with Gasteiger partial charge in [0.05, 0.1) is 0 Å². The molecule has 1 aliphatic carbocycles. The average molecular weight is 307 g/mol. The first-order valence-corrected chi connectivity index (χ1v) is 8.36. The number of carbonyl (C=O) groups is 1. The molecule has 1 heterocycles. The van der Waals surface area contributed by atoms with Gasteiger partial charge in [0.25, 0.3) is 0 Å². The van der Waals surface area contributed by atoms with E-state index in [1.165, 1.54) is 24.8 Å². The summed E-state index contributed by atoms with van der Waals surface area (Å²) >= 11 is 6.02. The predicted molar refractivity (Wildman–Crippen MR) is 85.4 cm³/mol. The molecule has 1 saturated carbocycles. The molecule has 1 amide bonds.